The van der Waals surface area contributed by atoms with Crippen molar-refractivity contribution in [3.8, 4) is 0 Å². The number of rotatable bonds is 5. The summed E-state index contributed by atoms with van der Waals surface area (Å²) in [6.07, 6.45) is 2.16. The quantitative estimate of drug-likeness (QED) is 0.662. The number of benzene rings is 1. The number of amides is 1. The molecule has 1 fully saturated rings. The van der Waals surface area contributed by atoms with Crippen molar-refractivity contribution in [2.24, 2.45) is 5.92 Å². The zero-order valence-electron chi connectivity index (χ0n) is 11.5. The molecule has 0 radical (unpaired) electrons. The van der Waals surface area contributed by atoms with Gasteiger partial charge in [-0.1, -0.05) is 18.2 Å². The zero-order valence-corrected chi connectivity index (χ0v) is 12.3. The number of hydrogen-bond donors (Lipinski definition) is 1. The fourth-order valence-electron chi connectivity index (χ4n) is 2.38. The van der Waals surface area contributed by atoms with Crippen LogP contribution in [0.3, 0.4) is 0 Å². The van der Waals surface area contributed by atoms with E-state index in [1.807, 2.05) is 18.2 Å². The predicted molar refractivity (Wildman–Crippen MR) is 80.4 cm³/mol. The second kappa shape index (κ2) is 7.56. The molecule has 1 atom stereocenters. The summed E-state index contributed by atoms with van der Waals surface area (Å²) in [6.45, 7) is 2.77. The third-order valence-corrected chi connectivity index (χ3v) is 4.42. The number of piperidine rings is 1. The summed E-state index contributed by atoms with van der Waals surface area (Å²) in [5, 5.41) is 3.06. The smallest absolute Gasteiger partial charge is 0.224 e. The number of nitrogens with zero attached hydrogens (tertiary/aromatic N) is 1. The first kappa shape index (κ1) is 14.4. The number of nitrogens with one attached hydrogen (secondary N) is 1. The van der Waals surface area contributed by atoms with Crippen LogP contribution in [-0.4, -0.2) is 43.2 Å². The highest BCUT2D eigenvalue weighted by atomic mass is 32.2. The Hall–Kier alpha value is -1.00. The van der Waals surface area contributed by atoms with Crippen molar-refractivity contribution >= 4 is 17.7 Å². The molecule has 2 rings (SSSR count). The fraction of sp³-hybridized carbons (Fsp3) is 0.533. The Kier molecular flexibility index (Phi) is 5.73. The Morgan fingerprint density at radius 3 is 2.95 bits per heavy atom. The predicted octanol–water partition coefficient (Wildman–Crippen LogP) is 2.24. The average molecular weight is 278 g/mol. The molecule has 0 saturated carbocycles. The van der Waals surface area contributed by atoms with Crippen LogP contribution in [0.5, 0.6) is 0 Å². The van der Waals surface area contributed by atoms with E-state index in [1.165, 1.54) is 4.90 Å². The molecule has 0 bridgehead atoms. The van der Waals surface area contributed by atoms with Crippen LogP contribution in [0.1, 0.15) is 12.8 Å². The SMILES string of the molecule is CN1CCC[C@@H](C(=O)NCCSc2ccccc2)C1. The van der Waals surface area contributed by atoms with Crippen LogP contribution in [-0.2, 0) is 4.79 Å². The Labute approximate surface area is 119 Å². The maximum absolute atomic E-state index is 12.0. The van der Waals surface area contributed by atoms with Crippen molar-refractivity contribution in [3.05, 3.63) is 30.3 Å². The topological polar surface area (TPSA) is 32.3 Å². The van der Waals surface area contributed by atoms with Crippen LogP contribution in [0.25, 0.3) is 0 Å². The van der Waals surface area contributed by atoms with Crippen LogP contribution < -0.4 is 5.32 Å². The van der Waals surface area contributed by atoms with Gasteiger partial charge in [-0.05, 0) is 38.6 Å². The average Bonchev–Trinajstić information content (AvgIpc) is 2.44. The summed E-state index contributed by atoms with van der Waals surface area (Å²) in [5.74, 6) is 1.33. The van der Waals surface area contributed by atoms with Crippen LogP contribution in [0, 0.1) is 5.92 Å². The van der Waals surface area contributed by atoms with Crippen molar-refractivity contribution in [1.82, 2.24) is 10.2 Å². The first-order chi connectivity index (χ1) is 9.25. The molecular weight excluding hydrogens is 256 g/mol. The van der Waals surface area contributed by atoms with Crippen LogP contribution in [0.2, 0.25) is 0 Å². The molecule has 4 heteroatoms. The lowest BCUT2D eigenvalue weighted by Gasteiger charge is -2.28. The van der Waals surface area contributed by atoms with Crippen molar-refractivity contribution < 1.29 is 4.79 Å². The third-order valence-electron chi connectivity index (χ3n) is 3.41. The van der Waals surface area contributed by atoms with E-state index in [9.17, 15) is 4.79 Å². The van der Waals surface area contributed by atoms with E-state index in [0.29, 0.717) is 0 Å². The first-order valence-corrected chi connectivity index (χ1v) is 7.88. The van der Waals surface area contributed by atoms with Gasteiger partial charge in [0.15, 0.2) is 0 Å². The van der Waals surface area contributed by atoms with Gasteiger partial charge in [-0.15, -0.1) is 11.8 Å². The number of carbonyl (C=O) groups excluding carboxylic acids is 1. The number of hydrogen-bond acceptors (Lipinski definition) is 3. The summed E-state index contributed by atoms with van der Waals surface area (Å²) < 4.78 is 0. The second-order valence-electron chi connectivity index (χ2n) is 5.05. The zero-order chi connectivity index (χ0) is 13.5. The standard InChI is InChI=1S/C15H22N2OS/c1-17-10-5-6-13(12-17)15(18)16-9-11-19-14-7-3-2-4-8-14/h2-4,7-8,13H,5-6,9-12H2,1H3,(H,16,18)/t13-/m1/s1. The Morgan fingerprint density at radius 1 is 1.42 bits per heavy atom. The van der Waals surface area contributed by atoms with Crippen molar-refractivity contribution in [2.45, 2.75) is 17.7 Å². The van der Waals surface area contributed by atoms with Crippen LogP contribution >= 0.6 is 11.8 Å². The summed E-state index contributed by atoms with van der Waals surface area (Å²) in [4.78, 5) is 15.5. The minimum Gasteiger partial charge on any atom is -0.355 e. The van der Waals surface area contributed by atoms with E-state index in [4.69, 9.17) is 0 Å². The van der Waals surface area contributed by atoms with Gasteiger partial charge < -0.3 is 10.2 Å². The second-order valence-corrected chi connectivity index (χ2v) is 6.22. The van der Waals surface area contributed by atoms with Crippen LogP contribution in [0.4, 0.5) is 0 Å². The monoisotopic (exact) mass is 278 g/mol. The molecule has 1 saturated heterocycles. The van der Waals surface area contributed by atoms with Crippen molar-refractivity contribution in [1.29, 1.82) is 0 Å². The number of likely N-dealkylation sites (tertiary alicyclic amines) is 1. The molecule has 19 heavy (non-hydrogen) atoms. The van der Waals surface area contributed by atoms with Gasteiger partial charge in [-0.2, -0.15) is 0 Å². The lowest BCUT2D eigenvalue weighted by atomic mass is 9.98. The fourth-order valence-corrected chi connectivity index (χ4v) is 3.17. The molecule has 1 aliphatic rings. The van der Waals surface area contributed by atoms with Gasteiger partial charge in [-0.25, -0.2) is 0 Å². The molecule has 0 aliphatic carbocycles. The Morgan fingerprint density at radius 2 is 2.21 bits per heavy atom. The Bertz CT molecular complexity index is 396. The number of thioether (sulfide) groups is 1. The molecule has 1 aliphatic heterocycles. The molecule has 0 spiro atoms. The van der Waals surface area contributed by atoms with E-state index in [2.05, 4.69) is 29.4 Å². The van der Waals surface area contributed by atoms with Gasteiger partial charge in [0.05, 0.1) is 5.92 Å². The third kappa shape index (κ3) is 4.88. The van der Waals surface area contributed by atoms with E-state index < -0.39 is 0 Å². The maximum Gasteiger partial charge on any atom is 0.224 e. The highest BCUT2D eigenvalue weighted by Crippen LogP contribution is 2.17. The van der Waals surface area contributed by atoms with E-state index in [0.717, 1.165) is 38.2 Å². The molecular formula is C15H22N2OS. The maximum atomic E-state index is 12.0. The number of carbonyl (C=O) groups is 1. The molecule has 3 nitrogen and oxygen atoms in total. The summed E-state index contributed by atoms with van der Waals surface area (Å²) in [5.41, 5.74) is 0. The summed E-state index contributed by atoms with van der Waals surface area (Å²) in [6, 6.07) is 10.3. The summed E-state index contributed by atoms with van der Waals surface area (Å²) in [7, 11) is 2.09. The largest absolute Gasteiger partial charge is 0.355 e. The molecule has 104 valence electrons. The highest BCUT2D eigenvalue weighted by molar-refractivity contribution is 7.99. The van der Waals surface area contributed by atoms with Gasteiger partial charge in [-0.3, -0.25) is 4.79 Å². The molecule has 1 N–H and O–H groups in total. The van der Waals surface area contributed by atoms with Crippen molar-refractivity contribution in [2.75, 3.05) is 32.4 Å². The normalized spacial score (nSPS) is 20.2. The Balaban J connectivity index is 1.64. The molecule has 1 heterocycles. The van der Waals surface area contributed by atoms with E-state index in [-0.39, 0.29) is 11.8 Å². The van der Waals surface area contributed by atoms with Gasteiger partial charge in [0.1, 0.15) is 0 Å². The van der Waals surface area contributed by atoms with Gasteiger partial charge >= 0.3 is 0 Å². The molecule has 0 aromatic heterocycles. The minimum atomic E-state index is 0.181. The van der Waals surface area contributed by atoms with E-state index >= 15 is 0 Å². The lowest BCUT2D eigenvalue weighted by Crippen LogP contribution is -2.41. The molecule has 1 aromatic rings. The molecule has 0 unspecified atom stereocenters. The van der Waals surface area contributed by atoms with Gasteiger partial charge in [0.2, 0.25) is 5.91 Å². The van der Waals surface area contributed by atoms with Gasteiger partial charge in [0, 0.05) is 23.7 Å². The van der Waals surface area contributed by atoms with E-state index in [1.54, 1.807) is 11.8 Å². The highest BCUT2D eigenvalue weighted by Gasteiger charge is 2.23. The summed E-state index contributed by atoms with van der Waals surface area (Å²) >= 11 is 1.78. The minimum absolute atomic E-state index is 0.181. The van der Waals surface area contributed by atoms with Crippen LogP contribution in [0.15, 0.2) is 35.2 Å². The molecule has 1 aromatic carbocycles. The van der Waals surface area contributed by atoms with Crippen molar-refractivity contribution in [3.63, 3.8) is 0 Å². The lowest BCUT2D eigenvalue weighted by molar-refractivity contribution is -0.126. The molecule has 1 amide bonds. The van der Waals surface area contributed by atoms with Gasteiger partial charge in [0.25, 0.3) is 0 Å². The first-order valence-electron chi connectivity index (χ1n) is 6.90.